The van der Waals surface area contributed by atoms with Crippen LogP contribution in [0.1, 0.15) is 18.3 Å². The standard InChI is InChI=1S/C15H16N4OS/c1-3-16-14-11-6-7-21-15(11)19-12(18-14)8-10-4-5-13(20-2)17-9-10/h4-7,9H,3,8H2,1-2H3,(H,16,18,19). The van der Waals surface area contributed by atoms with Gasteiger partial charge in [0, 0.05) is 25.2 Å². The SMILES string of the molecule is CCNc1nc(Cc2ccc(OC)nc2)nc2sccc12. The third-order valence-corrected chi connectivity index (χ3v) is 3.89. The largest absolute Gasteiger partial charge is 0.481 e. The zero-order chi connectivity index (χ0) is 14.7. The van der Waals surface area contributed by atoms with Gasteiger partial charge in [0.25, 0.3) is 0 Å². The van der Waals surface area contributed by atoms with Gasteiger partial charge in [0.05, 0.1) is 12.5 Å². The molecule has 3 aromatic heterocycles. The fraction of sp³-hybridized carbons (Fsp3) is 0.267. The second kappa shape index (κ2) is 6.05. The lowest BCUT2D eigenvalue weighted by molar-refractivity contribution is 0.397. The topological polar surface area (TPSA) is 59.9 Å². The van der Waals surface area contributed by atoms with E-state index in [2.05, 4.69) is 33.3 Å². The number of nitrogens with one attached hydrogen (secondary N) is 1. The summed E-state index contributed by atoms with van der Waals surface area (Å²) in [7, 11) is 1.61. The van der Waals surface area contributed by atoms with Gasteiger partial charge in [-0.1, -0.05) is 6.07 Å². The molecular weight excluding hydrogens is 284 g/mol. The maximum absolute atomic E-state index is 5.07. The molecule has 0 bridgehead atoms. The molecule has 0 atom stereocenters. The van der Waals surface area contributed by atoms with Crippen molar-refractivity contribution in [2.75, 3.05) is 19.0 Å². The first kappa shape index (κ1) is 13.8. The molecule has 0 saturated heterocycles. The van der Waals surface area contributed by atoms with Gasteiger partial charge in [0.1, 0.15) is 16.5 Å². The zero-order valence-corrected chi connectivity index (χ0v) is 12.8. The summed E-state index contributed by atoms with van der Waals surface area (Å²) < 4.78 is 5.07. The summed E-state index contributed by atoms with van der Waals surface area (Å²) in [5, 5.41) is 6.42. The molecule has 0 unspecified atom stereocenters. The Hall–Kier alpha value is -2.21. The van der Waals surface area contributed by atoms with Crippen LogP contribution in [0.3, 0.4) is 0 Å². The Morgan fingerprint density at radius 2 is 2.14 bits per heavy atom. The molecule has 6 heteroatoms. The van der Waals surface area contributed by atoms with Crippen LogP contribution >= 0.6 is 11.3 Å². The van der Waals surface area contributed by atoms with Gasteiger partial charge in [0.15, 0.2) is 0 Å². The third-order valence-electron chi connectivity index (χ3n) is 3.08. The van der Waals surface area contributed by atoms with Gasteiger partial charge in [-0.15, -0.1) is 11.3 Å². The van der Waals surface area contributed by atoms with Crippen LogP contribution in [0.4, 0.5) is 5.82 Å². The van der Waals surface area contributed by atoms with Gasteiger partial charge < -0.3 is 10.1 Å². The molecule has 3 aromatic rings. The quantitative estimate of drug-likeness (QED) is 0.784. The summed E-state index contributed by atoms with van der Waals surface area (Å²) in [4.78, 5) is 14.5. The highest BCUT2D eigenvalue weighted by Gasteiger charge is 2.09. The van der Waals surface area contributed by atoms with Crippen LogP contribution in [0.2, 0.25) is 0 Å². The Bertz CT molecular complexity index is 739. The number of thiophene rings is 1. The highest BCUT2D eigenvalue weighted by molar-refractivity contribution is 7.16. The molecule has 108 valence electrons. The van der Waals surface area contributed by atoms with Crippen LogP contribution in [-0.4, -0.2) is 28.6 Å². The first-order valence-electron chi connectivity index (χ1n) is 6.77. The molecule has 0 aromatic carbocycles. The lowest BCUT2D eigenvalue weighted by atomic mass is 10.2. The lowest BCUT2D eigenvalue weighted by Gasteiger charge is -2.07. The van der Waals surface area contributed by atoms with E-state index >= 15 is 0 Å². The van der Waals surface area contributed by atoms with E-state index in [1.807, 2.05) is 17.5 Å². The van der Waals surface area contributed by atoms with Crippen molar-refractivity contribution >= 4 is 27.4 Å². The van der Waals surface area contributed by atoms with Crippen molar-refractivity contribution in [2.24, 2.45) is 0 Å². The predicted molar refractivity (Wildman–Crippen MR) is 85.2 cm³/mol. The number of fused-ring (bicyclic) bond motifs is 1. The van der Waals surface area contributed by atoms with Gasteiger partial charge in [-0.2, -0.15) is 0 Å². The van der Waals surface area contributed by atoms with E-state index in [-0.39, 0.29) is 0 Å². The highest BCUT2D eigenvalue weighted by Crippen LogP contribution is 2.25. The Kier molecular flexibility index (Phi) is 3.96. The summed E-state index contributed by atoms with van der Waals surface area (Å²) in [6.45, 7) is 2.90. The molecule has 0 spiro atoms. The molecule has 3 rings (SSSR count). The number of ether oxygens (including phenoxy) is 1. The second-order valence-electron chi connectivity index (χ2n) is 4.54. The van der Waals surface area contributed by atoms with E-state index in [0.717, 1.165) is 34.0 Å². The van der Waals surface area contributed by atoms with E-state index < -0.39 is 0 Å². The average Bonchev–Trinajstić information content (AvgIpc) is 2.97. The Balaban J connectivity index is 1.91. The van der Waals surface area contributed by atoms with Crippen molar-refractivity contribution in [1.82, 2.24) is 15.0 Å². The number of pyridine rings is 1. The van der Waals surface area contributed by atoms with Crippen molar-refractivity contribution in [1.29, 1.82) is 0 Å². The fourth-order valence-corrected chi connectivity index (χ4v) is 2.88. The molecule has 5 nitrogen and oxygen atoms in total. The third kappa shape index (κ3) is 2.95. The highest BCUT2D eigenvalue weighted by atomic mass is 32.1. The van der Waals surface area contributed by atoms with Crippen LogP contribution in [0.25, 0.3) is 10.2 Å². The molecule has 0 radical (unpaired) electrons. The van der Waals surface area contributed by atoms with Crippen LogP contribution in [-0.2, 0) is 6.42 Å². The minimum Gasteiger partial charge on any atom is -0.481 e. The number of hydrogen-bond donors (Lipinski definition) is 1. The van der Waals surface area contributed by atoms with Crippen LogP contribution < -0.4 is 10.1 Å². The fourth-order valence-electron chi connectivity index (χ4n) is 2.10. The molecule has 0 fully saturated rings. The summed E-state index contributed by atoms with van der Waals surface area (Å²) in [5.41, 5.74) is 1.06. The smallest absolute Gasteiger partial charge is 0.212 e. The van der Waals surface area contributed by atoms with E-state index in [9.17, 15) is 0 Å². The van der Waals surface area contributed by atoms with Crippen molar-refractivity contribution < 1.29 is 4.74 Å². The van der Waals surface area contributed by atoms with Crippen LogP contribution in [0, 0.1) is 0 Å². The molecule has 0 aliphatic heterocycles. The van der Waals surface area contributed by atoms with Crippen molar-refractivity contribution in [3.63, 3.8) is 0 Å². The number of methoxy groups -OCH3 is 1. The van der Waals surface area contributed by atoms with E-state index in [1.165, 1.54) is 0 Å². The molecule has 0 aliphatic rings. The van der Waals surface area contributed by atoms with Gasteiger partial charge in [-0.3, -0.25) is 0 Å². The summed E-state index contributed by atoms with van der Waals surface area (Å²) in [6, 6.07) is 5.89. The maximum atomic E-state index is 5.07. The van der Waals surface area contributed by atoms with E-state index in [0.29, 0.717) is 12.3 Å². The first-order valence-corrected chi connectivity index (χ1v) is 7.65. The van der Waals surface area contributed by atoms with Gasteiger partial charge in [-0.05, 0) is 23.9 Å². The van der Waals surface area contributed by atoms with E-state index in [4.69, 9.17) is 4.74 Å². The molecule has 3 heterocycles. The average molecular weight is 300 g/mol. The normalized spacial score (nSPS) is 10.8. The molecule has 0 saturated carbocycles. The minimum atomic E-state index is 0.613. The monoisotopic (exact) mass is 300 g/mol. The van der Waals surface area contributed by atoms with Crippen molar-refractivity contribution in [2.45, 2.75) is 13.3 Å². The Morgan fingerprint density at radius 3 is 2.86 bits per heavy atom. The number of anilines is 1. The molecule has 0 aliphatic carbocycles. The number of aromatic nitrogens is 3. The maximum Gasteiger partial charge on any atom is 0.212 e. The van der Waals surface area contributed by atoms with Gasteiger partial charge in [0.2, 0.25) is 5.88 Å². The number of hydrogen-bond acceptors (Lipinski definition) is 6. The van der Waals surface area contributed by atoms with Gasteiger partial charge >= 0.3 is 0 Å². The molecule has 1 N–H and O–H groups in total. The number of nitrogens with zero attached hydrogens (tertiary/aromatic N) is 3. The minimum absolute atomic E-state index is 0.613. The Morgan fingerprint density at radius 1 is 1.24 bits per heavy atom. The molecule has 0 amide bonds. The van der Waals surface area contributed by atoms with Crippen molar-refractivity contribution in [3.05, 3.63) is 41.2 Å². The summed E-state index contributed by atoms with van der Waals surface area (Å²) in [6.07, 6.45) is 2.46. The molecular formula is C15H16N4OS. The number of rotatable bonds is 5. The zero-order valence-electron chi connectivity index (χ0n) is 12.0. The Labute approximate surface area is 127 Å². The van der Waals surface area contributed by atoms with Crippen LogP contribution in [0.5, 0.6) is 5.88 Å². The summed E-state index contributed by atoms with van der Waals surface area (Å²) >= 11 is 1.63. The first-order chi connectivity index (χ1) is 10.3. The lowest BCUT2D eigenvalue weighted by Crippen LogP contribution is -2.04. The molecule has 21 heavy (non-hydrogen) atoms. The predicted octanol–water partition coefficient (Wildman–Crippen LogP) is 3.12. The second-order valence-corrected chi connectivity index (χ2v) is 5.44. The summed E-state index contributed by atoms with van der Waals surface area (Å²) in [5.74, 6) is 2.31. The van der Waals surface area contributed by atoms with Crippen LogP contribution in [0.15, 0.2) is 29.8 Å². The van der Waals surface area contributed by atoms with E-state index in [1.54, 1.807) is 24.6 Å². The van der Waals surface area contributed by atoms with Crippen molar-refractivity contribution in [3.8, 4) is 5.88 Å². The van der Waals surface area contributed by atoms with Gasteiger partial charge in [-0.25, -0.2) is 15.0 Å².